The third-order valence-electron chi connectivity index (χ3n) is 6.31. The lowest BCUT2D eigenvalue weighted by atomic mass is 10.1. The Labute approximate surface area is 196 Å². The number of carbonyl (C=O) groups excluding carboxylic acids is 2. The molecule has 2 unspecified atom stereocenters. The van der Waals surface area contributed by atoms with E-state index in [-0.39, 0.29) is 23.9 Å². The van der Waals surface area contributed by atoms with Gasteiger partial charge in [0.05, 0.1) is 12.1 Å². The molecule has 0 aliphatic carbocycles. The number of piperazine rings is 1. The van der Waals surface area contributed by atoms with E-state index in [2.05, 4.69) is 21.2 Å². The van der Waals surface area contributed by atoms with Crippen LogP contribution in [0.25, 0.3) is 0 Å². The van der Waals surface area contributed by atoms with Gasteiger partial charge in [-0.3, -0.25) is 19.4 Å². The van der Waals surface area contributed by atoms with Crippen molar-refractivity contribution in [3.05, 3.63) is 65.7 Å². The molecule has 1 fully saturated rings. The molecule has 0 spiro atoms. The van der Waals surface area contributed by atoms with Crippen LogP contribution in [-0.2, 0) is 4.79 Å². The number of nitriles is 1. The number of nitrogens with zero attached hydrogens (tertiary/aromatic N) is 4. The summed E-state index contributed by atoms with van der Waals surface area (Å²) in [7, 11) is 0. The molecule has 0 saturated carbocycles. The SMILES string of the molecule is CCN(CC)C(=O)c1cccc(NC(=O)C(C)N2CCN(C(C#N)c3ccccc3)CC2)c1. The Morgan fingerprint density at radius 1 is 1.00 bits per heavy atom. The van der Waals surface area contributed by atoms with Crippen molar-refractivity contribution in [2.75, 3.05) is 44.6 Å². The van der Waals surface area contributed by atoms with Crippen LogP contribution >= 0.6 is 0 Å². The van der Waals surface area contributed by atoms with Gasteiger partial charge in [0, 0.05) is 50.5 Å². The summed E-state index contributed by atoms with van der Waals surface area (Å²) in [6, 6.07) is 18.8. The summed E-state index contributed by atoms with van der Waals surface area (Å²) < 4.78 is 0. The van der Waals surface area contributed by atoms with Crippen molar-refractivity contribution in [3.63, 3.8) is 0 Å². The van der Waals surface area contributed by atoms with Gasteiger partial charge in [-0.05, 0) is 44.5 Å². The van der Waals surface area contributed by atoms with Gasteiger partial charge in [-0.25, -0.2) is 0 Å². The van der Waals surface area contributed by atoms with Gasteiger partial charge in [0.25, 0.3) is 5.91 Å². The van der Waals surface area contributed by atoms with Crippen molar-refractivity contribution in [1.82, 2.24) is 14.7 Å². The average Bonchev–Trinajstić information content (AvgIpc) is 2.86. The lowest BCUT2D eigenvalue weighted by Gasteiger charge is -2.39. The largest absolute Gasteiger partial charge is 0.339 e. The summed E-state index contributed by atoms with van der Waals surface area (Å²) in [6.07, 6.45) is 0. The zero-order chi connectivity index (χ0) is 23.8. The van der Waals surface area contributed by atoms with Crippen LogP contribution in [0.3, 0.4) is 0 Å². The molecule has 3 rings (SSSR count). The molecule has 7 heteroatoms. The van der Waals surface area contributed by atoms with Crippen LogP contribution in [-0.4, -0.2) is 71.8 Å². The summed E-state index contributed by atoms with van der Waals surface area (Å²) >= 11 is 0. The molecule has 1 aliphatic heterocycles. The Morgan fingerprint density at radius 2 is 1.64 bits per heavy atom. The molecule has 174 valence electrons. The second-order valence-corrected chi connectivity index (χ2v) is 8.24. The molecule has 0 aromatic heterocycles. The molecule has 7 nitrogen and oxygen atoms in total. The van der Waals surface area contributed by atoms with Gasteiger partial charge in [-0.1, -0.05) is 36.4 Å². The molecule has 2 aromatic carbocycles. The second kappa shape index (κ2) is 11.6. The van der Waals surface area contributed by atoms with E-state index in [4.69, 9.17) is 0 Å². The monoisotopic (exact) mass is 447 g/mol. The number of carbonyl (C=O) groups is 2. The molecule has 2 atom stereocenters. The van der Waals surface area contributed by atoms with Crippen molar-refractivity contribution in [3.8, 4) is 6.07 Å². The average molecular weight is 448 g/mol. The molecule has 1 aliphatic rings. The zero-order valence-electron chi connectivity index (χ0n) is 19.7. The first-order valence-electron chi connectivity index (χ1n) is 11.6. The van der Waals surface area contributed by atoms with Gasteiger partial charge in [-0.15, -0.1) is 0 Å². The van der Waals surface area contributed by atoms with Crippen LogP contribution in [0.1, 0.15) is 42.7 Å². The van der Waals surface area contributed by atoms with Crippen molar-refractivity contribution >= 4 is 17.5 Å². The van der Waals surface area contributed by atoms with E-state index < -0.39 is 0 Å². The molecular weight excluding hydrogens is 414 g/mol. The number of rotatable bonds is 8. The van der Waals surface area contributed by atoms with Crippen molar-refractivity contribution in [2.24, 2.45) is 0 Å². The summed E-state index contributed by atoms with van der Waals surface area (Å²) in [5.74, 6) is -0.137. The predicted molar refractivity (Wildman–Crippen MR) is 130 cm³/mol. The Bertz CT molecular complexity index is 976. The van der Waals surface area contributed by atoms with Crippen molar-refractivity contribution in [1.29, 1.82) is 5.26 Å². The Kier molecular flexibility index (Phi) is 8.58. The standard InChI is InChI=1S/C26H33N5O2/c1-4-29(5-2)26(33)22-12-9-13-23(18-22)28-25(32)20(3)30-14-16-31(17-15-30)24(19-27)21-10-7-6-8-11-21/h6-13,18,20,24H,4-5,14-17H2,1-3H3,(H,28,32). The number of anilines is 1. The quantitative estimate of drug-likeness (QED) is 0.671. The van der Waals surface area contributed by atoms with E-state index in [1.165, 1.54) is 0 Å². The molecule has 2 aromatic rings. The highest BCUT2D eigenvalue weighted by molar-refractivity contribution is 5.98. The molecule has 2 amide bonds. The van der Waals surface area contributed by atoms with Crippen LogP contribution in [0.5, 0.6) is 0 Å². The van der Waals surface area contributed by atoms with E-state index in [1.54, 1.807) is 29.2 Å². The Hall–Kier alpha value is -3.21. The van der Waals surface area contributed by atoms with Crippen LogP contribution in [0, 0.1) is 11.3 Å². The first kappa shape index (κ1) is 24.4. The minimum absolute atomic E-state index is 0.0364. The third-order valence-corrected chi connectivity index (χ3v) is 6.31. The van der Waals surface area contributed by atoms with Gasteiger partial charge in [0.15, 0.2) is 0 Å². The first-order chi connectivity index (χ1) is 16.0. The highest BCUT2D eigenvalue weighted by Gasteiger charge is 2.29. The smallest absolute Gasteiger partial charge is 0.253 e. The van der Waals surface area contributed by atoms with Crippen molar-refractivity contribution in [2.45, 2.75) is 32.9 Å². The van der Waals surface area contributed by atoms with E-state index >= 15 is 0 Å². The van der Waals surface area contributed by atoms with E-state index in [9.17, 15) is 14.9 Å². The number of amides is 2. The highest BCUT2D eigenvalue weighted by Crippen LogP contribution is 2.22. The number of hydrogen-bond acceptors (Lipinski definition) is 5. The fourth-order valence-corrected chi connectivity index (χ4v) is 4.22. The predicted octanol–water partition coefficient (Wildman–Crippen LogP) is 3.38. The normalized spacial score (nSPS) is 16.4. The molecule has 33 heavy (non-hydrogen) atoms. The zero-order valence-corrected chi connectivity index (χ0v) is 19.7. The van der Waals surface area contributed by atoms with Crippen LogP contribution in [0.2, 0.25) is 0 Å². The van der Waals surface area contributed by atoms with Crippen LogP contribution < -0.4 is 5.32 Å². The number of nitrogens with one attached hydrogen (secondary N) is 1. The van der Waals surface area contributed by atoms with Crippen LogP contribution in [0.15, 0.2) is 54.6 Å². The van der Waals surface area contributed by atoms with Gasteiger partial charge < -0.3 is 10.2 Å². The van der Waals surface area contributed by atoms with Crippen LogP contribution in [0.4, 0.5) is 5.69 Å². The highest BCUT2D eigenvalue weighted by atomic mass is 16.2. The Morgan fingerprint density at radius 3 is 2.24 bits per heavy atom. The lowest BCUT2D eigenvalue weighted by Crippen LogP contribution is -2.53. The summed E-state index contributed by atoms with van der Waals surface area (Å²) in [5.41, 5.74) is 2.19. The minimum atomic E-state index is -0.313. The maximum absolute atomic E-state index is 12.9. The topological polar surface area (TPSA) is 79.7 Å². The second-order valence-electron chi connectivity index (χ2n) is 8.24. The fourth-order valence-electron chi connectivity index (χ4n) is 4.22. The summed E-state index contributed by atoms with van der Waals surface area (Å²) in [6.45, 7) is 9.95. The van der Waals surface area contributed by atoms with Gasteiger partial charge in [0.2, 0.25) is 5.91 Å². The Balaban J connectivity index is 1.58. The first-order valence-corrected chi connectivity index (χ1v) is 11.6. The van der Waals surface area contributed by atoms with Gasteiger partial charge in [0.1, 0.15) is 6.04 Å². The maximum atomic E-state index is 12.9. The summed E-state index contributed by atoms with van der Waals surface area (Å²) in [4.78, 5) is 31.6. The minimum Gasteiger partial charge on any atom is -0.339 e. The van der Waals surface area contributed by atoms with E-state index in [0.29, 0.717) is 37.4 Å². The van der Waals surface area contributed by atoms with Crippen molar-refractivity contribution < 1.29 is 9.59 Å². The summed E-state index contributed by atoms with van der Waals surface area (Å²) in [5, 5.41) is 12.7. The van der Waals surface area contributed by atoms with E-state index in [0.717, 1.165) is 18.7 Å². The fraction of sp³-hybridized carbons (Fsp3) is 0.423. The molecule has 0 radical (unpaired) electrons. The molecule has 1 heterocycles. The van der Waals surface area contributed by atoms with E-state index in [1.807, 2.05) is 51.1 Å². The molecule has 1 N–H and O–H groups in total. The number of hydrogen-bond donors (Lipinski definition) is 1. The molecule has 1 saturated heterocycles. The van der Waals surface area contributed by atoms with Gasteiger partial charge >= 0.3 is 0 Å². The molecule has 0 bridgehead atoms. The lowest BCUT2D eigenvalue weighted by molar-refractivity contribution is -0.121. The number of benzene rings is 2. The third kappa shape index (κ3) is 5.98. The van der Waals surface area contributed by atoms with Gasteiger partial charge in [-0.2, -0.15) is 5.26 Å². The maximum Gasteiger partial charge on any atom is 0.253 e. The molecular formula is C26H33N5O2.